The van der Waals surface area contributed by atoms with Crippen LogP contribution in [-0.4, -0.2) is 18.9 Å². The summed E-state index contributed by atoms with van der Waals surface area (Å²) in [5, 5.41) is 0. The third-order valence-electron chi connectivity index (χ3n) is 3.41. The molecule has 0 aromatic rings. The van der Waals surface area contributed by atoms with Crippen molar-refractivity contribution in [2.75, 3.05) is 7.11 Å². The summed E-state index contributed by atoms with van der Waals surface area (Å²) in [6.07, 6.45) is 9.01. The molecule has 3 nitrogen and oxygen atoms in total. The first-order valence-electron chi connectivity index (χ1n) is 6.43. The van der Waals surface area contributed by atoms with Crippen LogP contribution in [0.25, 0.3) is 0 Å². The third-order valence-corrected chi connectivity index (χ3v) is 3.41. The Kier molecular flexibility index (Phi) is 5.95. The maximum Gasteiger partial charge on any atom is 0.305 e. The van der Waals surface area contributed by atoms with E-state index in [1.165, 1.54) is 7.11 Å². The Labute approximate surface area is 103 Å². The van der Waals surface area contributed by atoms with Gasteiger partial charge in [0.25, 0.3) is 0 Å². The summed E-state index contributed by atoms with van der Waals surface area (Å²) in [6, 6.07) is 0. The Balaban J connectivity index is 2.47. The van der Waals surface area contributed by atoms with Crippen LogP contribution >= 0.6 is 0 Å². The van der Waals surface area contributed by atoms with Gasteiger partial charge in [-0.25, -0.2) is 0 Å². The second-order valence-electron chi connectivity index (χ2n) is 4.65. The summed E-state index contributed by atoms with van der Waals surface area (Å²) in [5.41, 5.74) is 0. The fourth-order valence-electron chi connectivity index (χ4n) is 2.37. The van der Waals surface area contributed by atoms with E-state index in [4.69, 9.17) is 0 Å². The van der Waals surface area contributed by atoms with Crippen molar-refractivity contribution in [1.82, 2.24) is 0 Å². The number of unbranched alkanes of at least 4 members (excludes halogenated alkanes) is 1. The molecule has 0 radical (unpaired) electrons. The van der Waals surface area contributed by atoms with Gasteiger partial charge in [0.05, 0.1) is 7.11 Å². The van der Waals surface area contributed by atoms with Gasteiger partial charge in [-0.15, -0.1) is 0 Å². The largest absolute Gasteiger partial charge is 0.469 e. The molecule has 0 aromatic carbocycles. The van der Waals surface area contributed by atoms with E-state index in [1.807, 2.05) is 0 Å². The molecule has 1 aliphatic carbocycles. The van der Waals surface area contributed by atoms with E-state index in [0.29, 0.717) is 18.6 Å². The van der Waals surface area contributed by atoms with Gasteiger partial charge in [-0.05, 0) is 25.2 Å². The number of hydrogen-bond acceptors (Lipinski definition) is 3. The third kappa shape index (κ3) is 4.33. The molecule has 96 valence electrons. The van der Waals surface area contributed by atoms with Crippen molar-refractivity contribution in [2.24, 2.45) is 11.8 Å². The first-order chi connectivity index (χ1) is 8.19. The van der Waals surface area contributed by atoms with Crippen LogP contribution in [0.2, 0.25) is 0 Å². The van der Waals surface area contributed by atoms with Gasteiger partial charge >= 0.3 is 5.97 Å². The molecule has 0 aliphatic heterocycles. The highest BCUT2D eigenvalue weighted by Crippen LogP contribution is 2.34. The number of ether oxygens (including phenoxy) is 1. The number of rotatable bonds is 6. The Morgan fingerprint density at radius 3 is 2.88 bits per heavy atom. The van der Waals surface area contributed by atoms with Gasteiger partial charge in [0.15, 0.2) is 0 Å². The molecule has 0 bridgehead atoms. The first kappa shape index (κ1) is 13.9. The highest BCUT2D eigenvalue weighted by molar-refractivity contribution is 5.84. The topological polar surface area (TPSA) is 43.4 Å². The fourth-order valence-corrected chi connectivity index (χ4v) is 2.37. The molecule has 17 heavy (non-hydrogen) atoms. The number of hydrogen-bond donors (Lipinski definition) is 0. The monoisotopic (exact) mass is 238 g/mol. The molecular formula is C14H22O3. The highest BCUT2D eigenvalue weighted by Gasteiger charge is 2.34. The van der Waals surface area contributed by atoms with Gasteiger partial charge in [-0.3, -0.25) is 9.59 Å². The van der Waals surface area contributed by atoms with E-state index in [2.05, 4.69) is 23.8 Å². The standard InChI is InChI=1S/C14H22O3/c1-3-4-5-6-7-12-11(8-9-13(12)15)10-14(16)17-2/h5-6,11-12H,3-4,7-10H2,1-2H3. The SMILES string of the molecule is CCCC=CCC1C(=O)CCC1CC(=O)OC. The lowest BCUT2D eigenvalue weighted by atomic mass is 9.89. The van der Waals surface area contributed by atoms with Crippen LogP contribution < -0.4 is 0 Å². The fraction of sp³-hybridized carbons (Fsp3) is 0.714. The highest BCUT2D eigenvalue weighted by atomic mass is 16.5. The normalized spacial score (nSPS) is 24.5. The minimum absolute atomic E-state index is 0.0298. The summed E-state index contributed by atoms with van der Waals surface area (Å²) in [6.45, 7) is 2.13. The lowest BCUT2D eigenvalue weighted by Crippen LogP contribution is -2.18. The van der Waals surface area contributed by atoms with Gasteiger partial charge in [-0.2, -0.15) is 0 Å². The Morgan fingerprint density at radius 2 is 2.24 bits per heavy atom. The van der Waals surface area contributed by atoms with Gasteiger partial charge < -0.3 is 4.74 Å². The van der Waals surface area contributed by atoms with E-state index < -0.39 is 0 Å². The summed E-state index contributed by atoms with van der Waals surface area (Å²) in [5.74, 6) is 0.315. The number of carbonyl (C=O) groups excluding carboxylic acids is 2. The number of carbonyl (C=O) groups is 2. The maximum atomic E-state index is 11.7. The summed E-state index contributed by atoms with van der Waals surface area (Å²) >= 11 is 0. The molecular weight excluding hydrogens is 216 g/mol. The summed E-state index contributed by atoms with van der Waals surface area (Å²) < 4.78 is 4.67. The number of ketones is 1. The van der Waals surface area contributed by atoms with Gasteiger partial charge in [0, 0.05) is 18.8 Å². The zero-order valence-electron chi connectivity index (χ0n) is 10.8. The predicted octanol–water partition coefficient (Wildman–Crippen LogP) is 2.89. The van der Waals surface area contributed by atoms with Crippen molar-refractivity contribution in [2.45, 2.75) is 45.4 Å². The molecule has 0 aromatic heterocycles. The van der Waals surface area contributed by atoms with Crippen LogP contribution in [0.15, 0.2) is 12.2 Å². The lowest BCUT2D eigenvalue weighted by Gasteiger charge is -2.15. The van der Waals surface area contributed by atoms with E-state index in [9.17, 15) is 9.59 Å². The van der Waals surface area contributed by atoms with Crippen LogP contribution in [0, 0.1) is 11.8 Å². The molecule has 1 aliphatic rings. The second-order valence-corrected chi connectivity index (χ2v) is 4.65. The van der Waals surface area contributed by atoms with Gasteiger partial charge in [0.1, 0.15) is 5.78 Å². The minimum atomic E-state index is -0.202. The number of methoxy groups -OCH3 is 1. The van der Waals surface area contributed by atoms with E-state index in [1.54, 1.807) is 0 Å². The molecule has 1 fully saturated rings. The average Bonchev–Trinajstić information content (AvgIpc) is 2.66. The summed E-state index contributed by atoms with van der Waals surface area (Å²) in [4.78, 5) is 23.0. The molecule has 0 amide bonds. The Morgan fingerprint density at radius 1 is 1.47 bits per heavy atom. The molecule has 1 saturated carbocycles. The van der Waals surface area contributed by atoms with Crippen LogP contribution in [0.5, 0.6) is 0 Å². The molecule has 0 saturated heterocycles. The molecule has 2 unspecified atom stereocenters. The Bertz CT molecular complexity index is 294. The molecule has 2 atom stereocenters. The van der Waals surface area contributed by atoms with Crippen LogP contribution in [-0.2, 0) is 14.3 Å². The number of esters is 1. The van der Waals surface area contributed by atoms with Crippen LogP contribution in [0.1, 0.15) is 45.4 Å². The van der Waals surface area contributed by atoms with Crippen molar-refractivity contribution in [3.8, 4) is 0 Å². The Hall–Kier alpha value is -1.12. The maximum absolute atomic E-state index is 11.7. The minimum Gasteiger partial charge on any atom is -0.469 e. The van der Waals surface area contributed by atoms with Crippen molar-refractivity contribution < 1.29 is 14.3 Å². The van der Waals surface area contributed by atoms with Crippen molar-refractivity contribution in [1.29, 1.82) is 0 Å². The molecule has 1 rings (SSSR count). The molecule has 0 heterocycles. The predicted molar refractivity (Wildman–Crippen MR) is 66.5 cm³/mol. The van der Waals surface area contributed by atoms with Gasteiger partial charge in [0.2, 0.25) is 0 Å². The zero-order chi connectivity index (χ0) is 12.7. The molecule has 0 spiro atoms. The van der Waals surface area contributed by atoms with Crippen molar-refractivity contribution in [3.63, 3.8) is 0 Å². The number of allylic oxidation sites excluding steroid dienone is 2. The second kappa shape index (κ2) is 7.25. The molecule has 3 heteroatoms. The molecule has 0 N–H and O–H groups in total. The number of Topliss-reactive ketones (excluding diaryl/α,β-unsaturated/α-hetero) is 1. The zero-order valence-corrected chi connectivity index (χ0v) is 10.8. The first-order valence-corrected chi connectivity index (χ1v) is 6.43. The van der Waals surface area contributed by atoms with E-state index >= 15 is 0 Å². The van der Waals surface area contributed by atoms with Crippen molar-refractivity contribution >= 4 is 11.8 Å². The smallest absolute Gasteiger partial charge is 0.305 e. The van der Waals surface area contributed by atoms with Crippen molar-refractivity contribution in [3.05, 3.63) is 12.2 Å². The quantitative estimate of drug-likeness (QED) is 0.528. The van der Waals surface area contributed by atoms with Crippen LogP contribution in [0.3, 0.4) is 0 Å². The van der Waals surface area contributed by atoms with E-state index in [0.717, 1.165) is 25.7 Å². The van der Waals surface area contributed by atoms with Gasteiger partial charge in [-0.1, -0.05) is 25.5 Å². The summed E-state index contributed by atoms with van der Waals surface area (Å²) in [7, 11) is 1.40. The lowest BCUT2D eigenvalue weighted by molar-refractivity contribution is -0.142. The average molecular weight is 238 g/mol. The van der Waals surface area contributed by atoms with E-state index in [-0.39, 0.29) is 17.8 Å². The van der Waals surface area contributed by atoms with Crippen LogP contribution in [0.4, 0.5) is 0 Å².